The van der Waals surface area contributed by atoms with E-state index in [1.165, 1.54) is 33.5 Å². The van der Waals surface area contributed by atoms with Crippen LogP contribution in [0.15, 0.2) is 41.6 Å². The molecule has 0 saturated heterocycles. The van der Waals surface area contributed by atoms with E-state index in [0.29, 0.717) is 28.5 Å². The maximum absolute atomic E-state index is 12.8. The first kappa shape index (κ1) is 21.3. The first-order chi connectivity index (χ1) is 14.3. The molecule has 10 heteroatoms. The third kappa shape index (κ3) is 4.42. The van der Waals surface area contributed by atoms with Gasteiger partial charge in [-0.05, 0) is 30.3 Å². The SMILES string of the molecule is COc1cc(C2=NO[C@@H](C(=O)Nc3cccc(C(F)(F)F)c3)C2)cc(OC)c1OC. The Morgan fingerprint density at radius 2 is 1.77 bits per heavy atom. The third-order valence-electron chi connectivity index (χ3n) is 4.42. The molecule has 3 rings (SSSR count). The minimum atomic E-state index is -4.51. The van der Waals surface area contributed by atoms with Crippen LogP contribution in [-0.4, -0.2) is 39.1 Å². The fourth-order valence-corrected chi connectivity index (χ4v) is 2.93. The van der Waals surface area contributed by atoms with Gasteiger partial charge in [-0.3, -0.25) is 4.79 Å². The van der Waals surface area contributed by atoms with Crippen LogP contribution in [0, 0.1) is 0 Å². The van der Waals surface area contributed by atoms with Crippen LogP contribution in [0.2, 0.25) is 0 Å². The Kier molecular flexibility index (Phi) is 6.04. The molecular weight excluding hydrogens is 405 g/mol. The van der Waals surface area contributed by atoms with Gasteiger partial charge in [0.05, 0.1) is 32.6 Å². The van der Waals surface area contributed by atoms with E-state index in [2.05, 4.69) is 10.5 Å². The minimum absolute atomic E-state index is 0.0136. The largest absolute Gasteiger partial charge is 0.493 e. The predicted octanol–water partition coefficient (Wildman–Crippen LogP) is 3.86. The number of hydrogen-bond acceptors (Lipinski definition) is 6. The Balaban J connectivity index is 1.73. The fourth-order valence-electron chi connectivity index (χ4n) is 2.93. The zero-order chi connectivity index (χ0) is 21.9. The summed E-state index contributed by atoms with van der Waals surface area (Å²) in [5.74, 6) is 0.612. The van der Waals surface area contributed by atoms with Crippen LogP contribution in [0.1, 0.15) is 17.5 Å². The number of halogens is 3. The monoisotopic (exact) mass is 424 g/mol. The van der Waals surface area contributed by atoms with Gasteiger partial charge in [-0.15, -0.1) is 0 Å². The first-order valence-corrected chi connectivity index (χ1v) is 8.78. The van der Waals surface area contributed by atoms with Gasteiger partial charge in [-0.25, -0.2) is 0 Å². The smallest absolute Gasteiger partial charge is 0.416 e. The van der Waals surface area contributed by atoms with Crippen molar-refractivity contribution in [1.29, 1.82) is 0 Å². The number of amides is 1. The molecule has 0 aromatic heterocycles. The van der Waals surface area contributed by atoms with Crippen LogP contribution in [0.5, 0.6) is 17.2 Å². The summed E-state index contributed by atoms with van der Waals surface area (Å²) in [4.78, 5) is 17.6. The number of ether oxygens (including phenoxy) is 3. The van der Waals surface area contributed by atoms with Crippen molar-refractivity contribution in [3.63, 3.8) is 0 Å². The van der Waals surface area contributed by atoms with Crippen molar-refractivity contribution in [3.05, 3.63) is 47.5 Å². The molecule has 30 heavy (non-hydrogen) atoms. The second kappa shape index (κ2) is 8.52. The number of nitrogens with zero attached hydrogens (tertiary/aromatic N) is 1. The van der Waals surface area contributed by atoms with Crippen molar-refractivity contribution in [2.45, 2.75) is 18.7 Å². The summed E-state index contributed by atoms with van der Waals surface area (Å²) in [6.45, 7) is 0. The number of carbonyl (C=O) groups excluding carboxylic acids is 1. The molecule has 0 bridgehead atoms. The Bertz CT molecular complexity index is 950. The summed E-state index contributed by atoms with van der Waals surface area (Å²) in [7, 11) is 4.42. The van der Waals surface area contributed by atoms with E-state index < -0.39 is 23.8 Å². The van der Waals surface area contributed by atoms with Crippen LogP contribution in [0.25, 0.3) is 0 Å². The molecule has 7 nitrogen and oxygen atoms in total. The number of carbonyl (C=O) groups is 1. The highest BCUT2D eigenvalue weighted by atomic mass is 19.4. The van der Waals surface area contributed by atoms with E-state index in [4.69, 9.17) is 19.0 Å². The van der Waals surface area contributed by atoms with Crippen LogP contribution < -0.4 is 19.5 Å². The quantitative estimate of drug-likeness (QED) is 0.762. The molecular formula is C20H19F3N2O5. The standard InChI is InChI=1S/C20H19F3N2O5/c1-27-15-7-11(8-16(28-2)18(15)29-3)14-10-17(30-25-14)19(26)24-13-6-4-5-12(9-13)20(21,22)23/h4-9,17H,10H2,1-3H3,(H,24,26)/t17-/m1/s1. The molecule has 1 N–H and O–H groups in total. The summed E-state index contributed by atoms with van der Waals surface area (Å²) in [5.41, 5.74) is 0.207. The molecule has 160 valence electrons. The maximum Gasteiger partial charge on any atom is 0.416 e. The second-order valence-electron chi connectivity index (χ2n) is 6.32. The lowest BCUT2D eigenvalue weighted by molar-refractivity contribution is -0.137. The average molecular weight is 424 g/mol. The molecule has 1 aliphatic heterocycles. The van der Waals surface area contributed by atoms with Gasteiger partial charge in [0.1, 0.15) is 0 Å². The van der Waals surface area contributed by atoms with Gasteiger partial charge in [0.15, 0.2) is 11.5 Å². The second-order valence-corrected chi connectivity index (χ2v) is 6.32. The van der Waals surface area contributed by atoms with Crippen molar-refractivity contribution >= 4 is 17.3 Å². The normalized spacial score (nSPS) is 15.8. The number of alkyl halides is 3. The van der Waals surface area contributed by atoms with Crippen molar-refractivity contribution in [2.75, 3.05) is 26.6 Å². The van der Waals surface area contributed by atoms with Crippen molar-refractivity contribution in [1.82, 2.24) is 0 Å². The lowest BCUT2D eigenvalue weighted by Gasteiger charge is -2.14. The minimum Gasteiger partial charge on any atom is -0.493 e. The lowest BCUT2D eigenvalue weighted by Crippen LogP contribution is -2.28. The fraction of sp³-hybridized carbons (Fsp3) is 0.300. The molecule has 0 saturated carbocycles. The zero-order valence-electron chi connectivity index (χ0n) is 16.4. The molecule has 1 amide bonds. The molecule has 1 heterocycles. The number of benzene rings is 2. The first-order valence-electron chi connectivity index (χ1n) is 8.78. The van der Waals surface area contributed by atoms with Gasteiger partial charge >= 0.3 is 6.18 Å². The summed E-state index contributed by atoms with van der Waals surface area (Å²) in [6.07, 6.45) is -5.38. The number of anilines is 1. The molecule has 1 aliphatic rings. The lowest BCUT2D eigenvalue weighted by atomic mass is 10.0. The zero-order valence-corrected chi connectivity index (χ0v) is 16.4. The Morgan fingerprint density at radius 1 is 1.10 bits per heavy atom. The number of hydrogen-bond donors (Lipinski definition) is 1. The predicted molar refractivity (Wildman–Crippen MR) is 102 cm³/mol. The van der Waals surface area contributed by atoms with Crippen LogP contribution in [-0.2, 0) is 15.8 Å². The van der Waals surface area contributed by atoms with E-state index in [1.54, 1.807) is 12.1 Å². The van der Waals surface area contributed by atoms with E-state index >= 15 is 0 Å². The number of nitrogens with one attached hydrogen (secondary N) is 1. The Morgan fingerprint density at radius 3 is 2.33 bits per heavy atom. The molecule has 2 aromatic carbocycles. The summed E-state index contributed by atoms with van der Waals surface area (Å²) < 4.78 is 54.4. The number of rotatable bonds is 6. The van der Waals surface area contributed by atoms with Gasteiger partial charge in [-0.1, -0.05) is 11.2 Å². The Hall–Kier alpha value is -3.43. The van der Waals surface area contributed by atoms with Crippen molar-refractivity contribution < 1.29 is 37.0 Å². The highest BCUT2D eigenvalue weighted by molar-refractivity contribution is 6.06. The third-order valence-corrected chi connectivity index (χ3v) is 4.42. The maximum atomic E-state index is 12.8. The average Bonchev–Trinajstić information content (AvgIpc) is 3.22. The highest BCUT2D eigenvalue weighted by Gasteiger charge is 2.32. The van der Waals surface area contributed by atoms with E-state index in [-0.39, 0.29) is 12.1 Å². The summed E-state index contributed by atoms with van der Waals surface area (Å²) >= 11 is 0. The molecule has 0 radical (unpaired) electrons. The van der Waals surface area contributed by atoms with E-state index in [9.17, 15) is 18.0 Å². The van der Waals surface area contributed by atoms with Gasteiger partial charge in [-0.2, -0.15) is 13.2 Å². The van der Waals surface area contributed by atoms with E-state index in [0.717, 1.165) is 12.1 Å². The van der Waals surface area contributed by atoms with Gasteiger partial charge in [0.25, 0.3) is 5.91 Å². The Labute approximate surface area is 170 Å². The van der Waals surface area contributed by atoms with Crippen LogP contribution in [0.3, 0.4) is 0 Å². The molecule has 0 spiro atoms. The van der Waals surface area contributed by atoms with Crippen LogP contribution >= 0.6 is 0 Å². The summed E-state index contributed by atoms with van der Waals surface area (Å²) in [5, 5.41) is 6.36. The highest BCUT2D eigenvalue weighted by Crippen LogP contribution is 2.39. The van der Waals surface area contributed by atoms with Crippen LogP contribution in [0.4, 0.5) is 18.9 Å². The van der Waals surface area contributed by atoms with Gasteiger partial charge in [0, 0.05) is 17.7 Å². The van der Waals surface area contributed by atoms with Crippen molar-refractivity contribution in [3.8, 4) is 17.2 Å². The molecule has 0 aliphatic carbocycles. The topological polar surface area (TPSA) is 78.4 Å². The molecule has 2 aromatic rings. The molecule has 0 fully saturated rings. The molecule has 1 atom stereocenters. The number of oxime groups is 1. The number of methoxy groups -OCH3 is 3. The summed E-state index contributed by atoms with van der Waals surface area (Å²) in [6, 6.07) is 7.68. The van der Waals surface area contributed by atoms with Gasteiger partial charge < -0.3 is 24.4 Å². The van der Waals surface area contributed by atoms with E-state index in [1.807, 2.05) is 0 Å². The van der Waals surface area contributed by atoms with Crippen molar-refractivity contribution in [2.24, 2.45) is 5.16 Å². The van der Waals surface area contributed by atoms with Gasteiger partial charge in [0.2, 0.25) is 11.9 Å². The molecule has 0 unspecified atom stereocenters.